The molecule has 6 nitrogen and oxygen atoms in total. The van der Waals surface area contributed by atoms with E-state index in [1.165, 1.54) is 14.2 Å². The number of carbonyl (C=O) groups excluding carboxylic acids is 2. The van der Waals surface area contributed by atoms with Gasteiger partial charge < -0.3 is 9.47 Å². The molecule has 2 aromatic rings. The molecule has 0 N–H and O–H groups in total. The quantitative estimate of drug-likeness (QED) is 0.791. The topological polar surface area (TPSA) is 78.4 Å². The molecular formula is C14H15ClN2O4. The van der Waals surface area contributed by atoms with E-state index in [0.717, 1.165) is 0 Å². The number of methoxy groups -OCH3 is 2. The second kappa shape index (κ2) is 10.3. The van der Waals surface area contributed by atoms with Gasteiger partial charge in [0.1, 0.15) is 11.4 Å². The molecule has 0 amide bonds. The van der Waals surface area contributed by atoms with Crippen LogP contribution in [0.15, 0.2) is 48.8 Å². The molecule has 0 aliphatic rings. The van der Waals surface area contributed by atoms with Gasteiger partial charge in [-0.1, -0.05) is 12.1 Å². The van der Waals surface area contributed by atoms with Crippen LogP contribution >= 0.6 is 12.4 Å². The van der Waals surface area contributed by atoms with Crippen molar-refractivity contribution < 1.29 is 19.1 Å². The third-order valence-electron chi connectivity index (χ3n) is 2.12. The van der Waals surface area contributed by atoms with Crippen molar-refractivity contribution in [1.29, 1.82) is 0 Å². The highest BCUT2D eigenvalue weighted by molar-refractivity contribution is 5.87. The van der Waals surface area contributed by atoms with Crippen LogP contribution in [-0.4, -0.2) is 36.1 Å². The lowest BCUT2D eigenvalue weighted by molar-refractivity contribution is 0.0585. The Morgan fingerprint density at radius 1 is 0.810 bits per heavy atom. The second-order valence-electron chi connectivity index (χ2n) is 3.41. The molecule has 0 aliphatic carbocycles. The van der Waals surface area contributed by atoms with E-state index < -0.39 is 11.9 Å². The molecule has 0 bridgehead atoms. The van der Waals surface area contributed by atoms with Crippen LogP contribution in [0.4, 0.5) is 0 Å². The minimum absolute atomic E-state index is 0. The van der Waals surface area contributed by atoms with Gasteiger partial charge in [0.05, 0.1) is 14.2 Å². The molecule has 0 spiro atoms. The van der Waals surface area contributed by atoms with Gasteiger partial charge in [0.25, 0.3) is 0 Å². The zero-order chi connectivity index (χ0) is 14.8. The highest BCUT2D eigenvalue weighted by Gasteiger charge is 2.03. The van der Waals surface area contributed by atoms with Crippen LogP contribution in [0.5, 0.6) is 0 Å². The summed E-state index contributed by atoms with van der Waals surface area (Å²) >= 11 is 0. The average Bonchev–Trinajstić information content (AvgIpc) is 2.55. The van der Waals surface area contributed by atoms with Crippen LogP contribution in [0.1, 0.15) is 21.0 Å². The second-order valence-corrected chi connectivity index (χ2v) is 3.41. The molecule has 0 radical (unpaired) electrons. The van der Waals surface area contributed by atoms with E-state index in [9.17, 15) is 9.59 Å². The number of halogens is 1. The average molecular weight is 311 g/mol. The first-order valence-electron chi connectivity index (χ1n) is 5.67. The van der Waals surface area contributed by atoms with Crippen LogP contribution in [0, 0.1) is 0 Å². The van der Waals surface area contributed by atoms with E-state index in [4.69, 9.17) is 0 Å². The largest absolute Gasteiger partial charge is 0.464 e. The Bertz CT molecular complexity index is 498. The van der Waals surface area contributed by atoms with Gasteiger partial charge in [-0.3, -0.25) is 0 Å². The molecule has 7 heteroatoms. The lowest BCUT2D eigenvalue weighted by atomic mass is 10.4. The highest BCUT2D eigenvalue weighted by Crippen LogP contribution is 1.94. The van der Waals surface area contributed by atoms with Crippen molar-refractivity contribution in [3.63, 3.8) is 0 Å². The van der Waals surface area contributed by atoms with Crippen molar-refractivity contribution in [3.8, 4) is 0 Å². The molecule has 0 saturated carbocycles. The fourth-order valence-electron chi connectivity index (χ4n) is 1.18. The number of aromatic nitrogens is 2. The predicted molar refractivity (Wildman–Crippen MR) is 78.4 cm³/mol. The molecule has 2 heterocycles. The maximum atomic E-state index is 10.7. The number of nitrogens with zero attached hydrogens (tertiary/aromatic N) is 2. The molecule has 0 unspecified atom stereocenters. The van der Waals surface area contributed by atoms with E-state index in [1.54, 1.807) is 48.8 Å². The number of hydrogen-bond acceptors (Lipinski definition) is 6. The fraction of sp³-hybridized carbons (Fsp3) is 0.143. The number of rotatable bonds is 2. The molecule has 2 rings (SSSR count). The van der Waals surface area contributed by atoms with Crippen LogP contribution in [0.3, 0.4) is 0 Å². The van der Waals surface area contributed by atoms with E-state index in [0.29, 0.717) is 11.4 Å². The predicted octanol–water partition coefficient (Wildman–Crippen LogP) is 2.16. The minimum Gasteiger partial charge on any atom is -0.464 e. The van der Waals surface area contributed by atoms with Crippen LogP contribution in [0.25, 0.3) is 0 Å². The number of hydrogen-bond donors (Lipinski definition) is 0. The summed E-state index contributed by atoms with van der Waals surface area (Å²) in [4.78, 5) is 29.0. The summed E-state index contributed by atoms with van der Waals surface area (Å²) in [5.74, 6) is -0.804. The zero-order valence-corrected chi connectivity index (χ0v) is 12.4. The third-order valence-corrected chi connectivity index (χ3v) is 2.12. The van der Waals surface area contributed by atoms with Crippen LogP contribution in [-0.2, 0) is 9.47 Å². The van der Waals surface area contributed by atoms with Crippen LogP contribution < -0.4 is 0 Å². The normalized spacial score (nSPS) is 8.48. The molecule has 0 saturated heterocycles. The Kier molecular flexibility index (Phi) is 9.12. The molecule has 0 atom stereocenters. The molecule has 2 aromatic heterocycles. The van der Waals surface area contributed by atoms with E-state index in [-0.39, 0.29) is 12.4 Å². The number of pyridine rings is 2. The van der Waals surface area contributed by atoms with E-state index >= 15 is 0 Å². The summed E-state index contributed by atoms with van der Waals surface area (Å²) in [7, 11) is 2.66. The summed E-state index contributed by atoms with van der Waals surface area (Å²) < 4.78 is 8.87. The molecule has 112 valence electrons. The Hall–Kier alpha value is -2.47. The lowest BCUT2D eigenvalue weighted by Crippen LogP contribution is -2.02. The summed E-state index contributed by atoms with van der Waals surface area (Å²) in [6.45, 7) is 0. The monoisotopic (exact) mass is 310 g/mol. The Labute approximate surface area is 128 Å². The number of ether oxygens (including phenoxy) is 2. The van der Waals surface area contributed by atoms with Crippen molar-refractivity contribution in [1.82, 2.24) is 9.97 Å². The van der Waals surface area contributed by atoms with Gasteiger partial charge in [-0.05, 0) is 24.3 Å². The van der Waals surface area contributed by atoms with Crippen LogP contribution in [0.2, 0.25) is 0 Å². The van der Waals surface area contributed by atoms with Gasteiger partial charge in [0.15, 0.2) is 0 Å². The van der Waals surface area contributed by atoms with Gasteiger partial charge >= 0.3 is 11.9 Å². The first kappa shape index (κ1) is 18.5. The standard InChI is InChI=1S/2C7H7NO2.ClH/c2*1-10-7(9)6-4-2-3-5-8-6;/h2*2-5H,1H3;1H. The van der Waals surface area contributed by atoms with Crippen molar-refractivity contribution >= 4 is 24.3 Å². The summed E-state index contributed by atoms with van der Waals surface area (Å²) in [6.07, 6.45) is 3.10. The fourth-order valence-corrected chi connectivity index (χ4v) is 1.18. The maximum absolute atomic E-state index is 10.7. The first-order valence-corrected chi connectivity index (χ1v) is 5.67. The third kappa shape index (κ3) is 6.49. The Balaban J connectivity index is 0.000000364. The summed E-state index contributed by atoms with van der Waals surface area (Å²) in [5.41, 5.74) is 0.676. The van der Waals surface area contributed by atoms with Gasteiger partial charge in [-0.15, -0.1) is 12.4 Å². The van der Waals surface area contributed by atoms with Gasteiger partial charge in [0, 0.05) is 12.4 Å². The number of esters is 2. The SMILES string of the molecule is COC(=O)c1ccccn1.COC(=O)c1ccccn1.Cl. The summed E-state index contributed by atoms with van der Waals surface area (Å²) in [6, 6.07) is 10.2. The summed E-state index contributed by atoms with van der Waals surface area (Å²) in [5, 5.41) is 0. The Morgan fingerprint density at radius 3 is 1.43 bits per heavy atom. The van der Waals surface area contributed by atoms with Gasteiger partial charge in [-0.2, -0.15) is 0 Å². The number of carbonyl (C=O) groups is 2. The van der Waals surface area contributed by atoms with E-state index in [2.05, 4.69) is 19.4 Å². The molecule has 21 heavy (non-hydrogen) atoms. The maximum Gasteiger partial charge on any atom is 0.356 e. The van der Waals surface area contributed by atoms with Crippen molar-refractivity contribution in [2.45, 2.75) is 0 Å². The molecular weight excluding hydrogens is 296 g/mol. The Morgan fingerprint density at radius 2 is 1.19 bits per heavy atom. The molecule has 0 aromatic carbocycles. The smallest absolute Gasteiger partial charge is 0.356 e. The highest BCUT2D eigenvalue weighted by atomic mass is 35.5. The zero-order valence-electron chi connectivity index (χ0n) is 11.6. The molecule has 0 aliphatic heterocycles. The van der Waals surface area contributed by atoms with Crippen molar-refractivity contribution in [3.05, 3.63) is 60.2 Å². The lowest BCUT2D eigenvalue weighted by Gasteiger charge is -1.94. The minimum atomic E-state index is -0.402. The van der Waals surface area contributed by atoms with E-state index in [1.807, 2.05) is 0 Å². The first-order chi connectivity index (χ1) is 9.69. The molecule has 0 fully saturated rings. The van der Waals surface area contributed by atoms with Gasteiger partial charge in [-0.25, -0.2) is 19.6 Å². The van der Waals surface area contributed by atoms with Crippen molar-refractivity contribution in [2.75, 3.05) is 14.2 Å². The van der Waals surface area contributed by atoms with Gasteiger partial charge in [0.2, 0.25) is 0 Å². The van der Waals surface area contributed by atoms with Crippen molar-refractivity contribution in [2.24, 2.45) is 0 Å².